The van der Waals surface area contributed by atoms with E-state index in [0.29, 0.717) is 10.6 Å². The molecule has 0 aliphatic rings. The maximum atomic E-state index is 12.2. The van der Waals surface area contributed by atoms with E-state index in [1.54, 1.807) is 18.2 Å². The zero-order valence-electron chi connectivity index (χ0n) is 10.6. The van der Waals surface area contributed by atoms with Crippen molar-refractivity contribution in [1.29, 1.82) is 0 Å². The van der Waals surface area contributed by atoms with Crippen molar-refractivity contribution in [3.8, 4) is 0 Å². The SMILES string of the molecule is Cc1ccc(C)c(NC(=O)c2cccc(Cl)c2Cl)c1. The zero-order chi connectivity index (χ0) is 14.0. The van der Waals surface area contributed by atoms with Crippen LogP contribution in [-0.4, -0.2) is 5.91 Å². The third-order valence-electron chi connectivity index (χ3n) is 2.84. The van der Waals surface area contributed by atoms with E-state index in [9.17, 15) is 4.79 Å². The van der Waals surface area contributed by atoms with Gasteiger partial charge in [-0.1, -0.05) is 41.4 Å². The minimum atomic E-state index is -0.263. The molecule has 0 atom stereocenters. The molecule has 0 spiro atoms. The molecular weight excluding hydrogens is 281 g/mol. The van der Waals surface area contributed by atoms with Gasteiger partial charge in [-0.15, -0.1) is 0 Å². The summed E-state index contributed by atoms with van der Waals surface area (Å²) in [5, 5.41) is 3.49. The summed E-state index contributed by atoms with van der Waals surface area (Å²) in [5.41, 5.74) is 3.23. The molecule has 0 radical (unpaired) electrons. The maximum absolute atomic E-state index is 12.2. The lowest BCUT2D eigenvalue weighted by atomic mass is 10.1. The third-order valence-corrected chi connectivity index (χ3v) is 3.66. The van der Waals surface area contributed by atoms with Crippen molar-refractivity contribution in [2.24, 2.45) is 0 Å². The Hall–Kier alpha value is -1.51. The van der Waals surface area contributed by atoms with Gasteiger partial charge in [0.15, 0.2) is 0 Å². The molecule has 0 saturated carbocycles. The fraction of sp³-hybridized carbons (Fsp3) is 0.133. The second kappa shape index (κ2) is 5.64. The Morgan fingerprint density at radius 2 is 1.84 bits per heavy atom. The van der Waals surface area contributed by atoms with E-state index in [1.807, 2.05) is 32.0 Å². The minimum Gasteiger partial charge on any atom is -0.322 e. The summed E-state index contributed by atoms with van der Waals surface area (Å²) in [6.07, 6.45) is 0. The first-order valence-electron chi connectivity index (χ1n) is 5.81. The highest BCUT2D eigenvalue weighted by Crippen LogP contribution is 2.26. The van der Waals surface area contributed by atoms with Crippen LogP contribution in [0.4, 0.5) is 5.69 Å². The second-order valence-electron chi connectivity index (χ2n) is 4.37. The molecule has 0 aliphatic carbocycles. The van der Waals surface area contributed by atoms with Crippen LogP contribution in [-0.2, 0) is 0 Å². The van der Waals surface area contributed by atoms with E-state index >= 15 is 0 Å². The zero-order valence-corrected chi connectivity index (χ0v) is 12.1. The van der Waals surface area contributed by atoms with E-state index in [0.717, 1.165) is 16.8 Å². The maximum Gasteiger partial charge on any atom is 0.257 e. The van der Waals surface area contributed by atoms with Crippen LogP contribution >= 0.6 is 23.2 Å². The van der Waals surface area contributed by atoms with Gasteiger partial charge < -0.3 is 5.32 Å². The lowest BCUT2D eigenvalue weighted by Crippen LogP contribution is -2.13. The topological polar surface area (TPSA) is 29.1 Å². The summed E-state index contributed by atoms with van der Waals surface area (Å²) in [6, 6.07) is 10.9. The first-order chi connectivity index (χ1) is 8.99. The van der Waals surface area contributed by atoms with E-state index in [-0.39, 0.29) is 10.9 Å². The number of aryl methyl sites for hydroxylation is 2. The van der Waals surface area contributed by atoms with Gasteiger partial charge in [0.1, 0.15) is 0 Å². The first-order valence-corrected chi connectivity index (χ1v) is 6.57. The Morgan fingerprint density at radius 1 is 1.11 bits per heavy atom. The van der Waals surface area contributed by atoms with Crippen LogP contribution in [0.15, 0.2) is 36.4 Å². The molecule has 2 rings (SSSR count). The third kappa shape index (κ3) is 3.09. The van der Waals surface area contributed by atoms with Gasteiger partial charge in [0, 0.05) is 5.69 Å². The Morgan fingerprint density at radius 3 is 2.58 bits per heavy atom. The van der Waals surface area contributed by atoms with E-state index in [2.05, 4.69) is 5.32 Å². The molecule has 0 heterocycles. The largest absolute Gasteiger partial charge is 0.322 e. The molecule has 0 aromatic heterocycles. The molecule has 4 heteroatoms. The summed E-state index contributed by atoms with van der Waals surface area (Å²) in [7, 11) is 0. The number of benzene rings is 2. The number of halogens is 2. The smallest absolute Gasteiger partial charge is 0.257 e. The molecule has 2 aromatic rings. The average molecular weight is 294 g/mol. The lowest BCUT2D eigenvalue weighted by Gasteiger charge is -2.10. The lowest BCUT2D eigenvalue weighted by molar-refractivity contribution is 0.102. The van der Waals surface area contributed by atoms with Crippen molar-refractivity contribution in [2.75, 3.05) is 5.32 Å². The van der Waals surface area contributed by atoms with Crippen molar-refractivity contribution < 1.29 is 4.79 Å². The van der Waals surface area contributed by atoms with Crippen LogP contribution in [0.25, 0.3) is 0 Å². The number of rotatable bonds is 2. The minimum absolute atomic E-state index is 0.263. The molecule has 2 aromatic carbocycles. The van der Waals surface area contributed by atoms with Crippen LogP contribution < -0.4 is 5.32 Å². The fourth-order valence-electron chi connectivity index (χ4n) is 1.74. The number of hydrogen-bond acceptors (Lipinski definition) is 1. The van der Waals surface area contributed by atoms with Crippen LogP contribution in [0.3, 0.4) is 0 Å². The van der Waals surface area contributed by atoms with Crippen molar-refractivity contribution in [1.82, 2.24) is 0 Å². The second-order valence-corrected chi connectivity index (χ2v) is 5.16. The molecule has 1 amide bonds. The Kier molecular flexibility index (Phi) is 4.13. The van der Waals surface area contributed by atoms with E-state index in [1.165, 1.54) is 0 Å². The van der Waals surface area contributed by atoms with Crippen molar-refractivity contribution in [2.45, 2.75) is 13.8 Å². The normalized spacial score (nSPS) is 10.3. The van der Waals surface area contributed by atoms with E-state index < -0.39 is 0 Å². The van der Waals surface area contributed by atoms with Crippen molar-refractivity contribution in [3.05, 3.63) is 63.1 Å². The number of carbonyl (C=O) groups excluding carboxylic acids is 1. The standard InChI is InChI=1S/C15H13Cl2NO/c1-9-6-7-10(2)13(8-9)18-15(19)11-4-3-5-12(16)14(11)17/h3-8H,1-2H3,(H,18,19). The van der Waals surface area contributed by atoms with E-state index in [4.69, 9.17) is 23.2 Å². The molecule has 0 fully saturated rings. The molecule has 19 heavy (non-hydrogen) atoms. The molecule has 0 unspecified atom stereocenters. The van der Waals surface area contributed by atoms with Crippen LogP contribution in [0.5, 0.6) is 0 Å². The van der Waals surface area contributed by atoms with Gasteiger partial charge in [-0.3, -0.25) is 4.79 Å². The average Bonchev–Trinajstić information content (AvgIpc) is 2.37. The van der Waals surface area contributed by atoms with Gasteiger partial charge in [-0.25, -0.2) is 0 Å². The highest BCUT2D eigenvalue weighted by molar-refractivity contribution is 6.44. The molecule has 98 valence electrons. The van der Waals surface area contributed by atoms with Crippen molar-refractivity contribution >= 4 is 34.8 Å². The Bertz CT molecular complexity index is 638. The number of anilines is 1. The number of carbonyl (C=O) groups is 1. The quantitative estimate of drug-likeness (QED) is 0.841. The van der Waals surface area contributed by atoms with Crippen LogP contribution in [0.1, 0.15) is 21.5 Å². The first kappa shape index (κ1) is 13.9. The fourth-order valence-corrected chi connectivity index (χ4v) is 2.13. The van der Waals surface area contributed by atoms with Gasteiger partial charge in [-0.2, -0.15) is 0 Å². The van der Waals surface area contributed by atoms with Gasteiger partial charge in [0.25, 0.3) is 5.91 Å². The summed E-state index contributed by atoms with van der Waals surface area (Å²) in [6.45, 7) is 3.91. The monoisotopic (exact) mass is 293 g/mol. The van der Waals surface area contributed by atoms with Gasteiger partial charge in [-0.05, 0) is 43.2 Å². The van der Waals surface area contributed by atoms with Gasteiger partial charge in [0.05, 0.1) is 15.6 Å². The Balaban J connectivity index is 2.31. The summed E-state index contributed by atoms with van der Waals surface area (Å²) >= 11 is 11.9. The molecule has 0 aliphatic heterocycles. The number of nitrogens with one attached hydrogen (secondary N) is 1. The van der Waals surface area contributed by atoms with Crippen LogP contribution in [0.2, 0.25) is 10.0 Å². The number of amides is 1. The molecular formula is C15H13Cl2NO. The summed E-state index contributed by atoms with van der Waals surface area (Å²) < 4.78 is 0. The summed E-state index contributed by atoms with van der Waals surface area (Å²) in [5.74, 6) is -0.263. The van der Waals surface area contributed by atoms with Crippen molar-refractivity contribution in [3.63, 3.8) is 0 Å². The molecule has 2 nitrogen and oxygen atoms in total. The molecule has 0 bridgehead atoms. The predicted octanol–water partition coefficient (Wildman–Crippen LogP) is 4.86. The Labute approximate surface area is 122 Å². The summed E-state index contributed by atoms with van der Waals surface area (Å²) in [4.78, 5) is 12.2. The molecule has 1 N–H and O–H groups in total. The highest BCUT2D eigenvalue weighted by atomic mass is 35.5. The predicted molar refractivity (Wildman–Crippen MR) is 80.3 cm³/mol. The number of hydrogen-bond donors (Lipinski definition) is 1. The van der Waals surface area contributed by atoms with Gasteiger partial charge >= 0.3 is 0 Å². The van der Waals surface area contributed by atoms with Gasteiger partial charge in [0.2, 0.25) is 0 Å². The highest BCUT2D eigenvalue weighted by Gasteiger charge is 2.13. The molecule has 0 saturated heterocycles. The van der Waals surface area contributed by atoms with Crippen LogP contribution in [0, 0.1) is 13.8 Å².